The van der Waals surface area contributed by atoms with Crippen molar-refractivity contribution in [3.8, 4) is 0 Å². The first kappa shape index (κ1) is 27.5. The summed E-state index contributed by atoms with van der Waals surface area (Å²) in [5.41, 5.74) is 0. The van der Waals surface area contributed by atoms with Crippen LogP contribution in [-0.4, -0.2) is 40.4 Å². The van der Waals surface area contributed by atoms with Crippen molar-refractivity contribution in [3.05, 3.63) is 0 Å². The van der Waals surface area contributed by atoms with Crippen molar-refractivity contribution in [2.45, 2.75) is 91.1 Å². The Hall–Kier alpha value is 2.30. The van der Waals surface area contributed by atoms with Gasteiger partial charge in [-0.2, -0.15) is 0 Å². The molecule has 0 rings (SSSR count). The zero-order chi connectivity index (χ0) is 19.7. The van der Waals surface area contributed by atoms with Gasteiger partial charge in [-0.3, -0.25) is 0 Å². The molecular formula is C15H36AlCl4PSi2. The first-order chi connectivity index (χ1) is 9.49. The molecule has 140 valence electrons. The van der Waals surface area contributed by atoms with E-state index in [9.17, 15) is 0 Å². The fourth-order valence-electron chi connectivity index (χ4n) is 3.47. The van der Waals surface area contributed by atoms with Gasteiger partial charge in [0.1, 0.15) is 26.5 Å². The van der Waals surface area contributed by atoms with E-state index in [1.165, 1.54) is 0 Å². The van der Waals surface area contributed by atoms with Gasteiger partial charge in [-0.05, 0) is 41.5 Å². The van der Waals surface area contributed by atoms with Crippen LogP contribution in [0.4, 0.5) is 0 Å². The number of rotatable bonds is 2. The van der Waals surface area contributed by atoms with Crippen LogP contribution in [0.5, 0.6) is 0 Å². The highest BCUT2D eigenvalue weighted by Crippen LogP contribution is 2.54. The zero-order valence-corrected chi connectivity index (χ0v) is 24.1. The van der Waals surface area contributed by atoms with Crippen molar-refractivity contribution in [2.75, 3.05) is 0 Å². The van der Waals surface area contributed by atoms with Gasteiger partial charge < -0.3 is 40.2 Å². The monoisotopic (exact) mass is 470 g/mol. The van der Waals surface area contributed by atoms with Gasteiger partial charge in [-0.1, -0.05) is 39.3 Å². The van der Waals surface area contributed by atoms with Gasteiger partial charge >= 0.3 is 9.39 Å². The Bertz CT molecular complexity index is 347. The summed E-state index contributed by atoms with van der Waals surface area (Å²) in [5, 5.41) is 0.868. The van der Waals surface area contributed by atoms with Crippen LogP contribution in [0, 0.1) is 0 Å². The van der Waals surface area contributed by atoms with Crippen LogP contribution in [0.1, 0.15) is 41.5 Å². The molecule has 0 unspecified atom stereocenters. The maximum absolute atomic E-state index is 4.99. The molecule has 0 atom stereocenters. The third kappa shape index (κ3) is 13.2. The normalized spacial score (nSPS) is 14.1. The van der Waals surface area contributed by atoms with Crippen molar-refractivity contribution in [3.63, 3.8) is 0 Å². The Kier molecular flexibility index (Phi) is 10.8. The topological polar surface area (TPSA) is 0 Å². The van der Waals surface area contributed by atoms with E-state index in [-0.39, 0.29) is 7.55 Å². The number of halogens is 4. The van der Waals surface area contributed by atoms with Crippen molar-refractivity contribution < 1.29 is 0 Å². The Morgan fingerprint density at radius 2 is 0.826 bits per heavy atom. The molecule has 0 radical (unpaired) electrons. The Labute approximate surface area is 167 Å². The van der Waals surface area contributed by atoms with E-state index in [1.54, 1.807) is 0 Å². The molecule has 0 bridgehead atoms. The second-order valence-electron chi connectivity index (χ2n) is 10.0. The molecule has 23 heavy (non-hydrogen) atoms. The van der Waals surface area contributed by atoms with Crippen LogP contribution < -0.4 is 0 Å². The molecule has 0 nitrogen and oxygen atoms in total. The van der Waals surface area contributed by atoms with E-state index in [4.69, 9.17) is 40.2 Å². The molecule has 0 aliphatic heterocycles. The van der Waals surface area contributed by atoms with E-state index in [2.05, 4.69) is 80.8 Å². The molecule has 0 aromatic carbocycles. The van der Waals surface area contributed by atoms with Gasteiger partial charge in [-0.15, -0.1) is 0 Å². The van der Waals surface area contributed by atoms with Crippen LogP contribution in [0.2, 0.25) is 39.3 Å². The molecule has 0 N–H and O–H groups in total. The van der Waals surface area contributed by atoms with E-state index < -0.39 is 25.5 Å². The van der Waals surface area contributed by atoms with Crippen LogP contribution in [0.15, 0.2) is 0 Å². The summed E-state index contributed by atoms with van der Waals surface area (Å²) in [4.78, 5) is 0. The minimum Gasteiger partial charge on any atom is -0.391 e. The maximum atomic E-state index is 4.99. The average molecular weight is 472 g/mol. The molecule has 0 heterocycles. The van der Waals surface area contributed by atoms with E-state index >= 15 is 0 Å². The summed E-state index contributed by atoms with van der Waals surface area (Å²) >= 11 is 0. The van der Waals surface area contributed by atoms with Crippen molar-refractivity contribution in [1.29, 1.82) is 0 Å². The second-order valence-corrected chi connectivity index (χ2v) is 38.0. The predicted octanol–water partition coefficient (Wildman–Crippen LogP) is 8.37. The lowest BCUT2D eigenvalue weighted by Gasteiger charge is -2.35. The van der Waals surface area contributed by atoms with Crippen molar-refractivity contribution in [2.24, 2.45) is 0 Å². The second kappa shape index (κ2) is 8.99. The highest BCUT2D eigenvalue weighted by Gasteiger charge is 2.49. The summed E-state index contributed by atoms with van der Waals surface area (Å²) in [5.74, 6) is 0. The van der Waals surface area contributed by atoms with E-state index in [1.807, 2.05) is 4.54 Å². The van der Waals surface area contributed by atoms with Gasteiger partial charge in [0, 0.05) is 0 Å². The smallest absolute Gasteiger partial charge is 0.391 e. The quantitative estimate of drug-likeness (QED) is 0.280. The predicted molar refractivity (Wildman–Crippen MR) is 127 cm³/mol. The lowest BCUT2D eigenvalue weighted by Crippen LogP contribution is -2.51. The standard InChI is InChI=1S/C15H36PSi2.Al.4ClH/c1-14(2,3)16(15(4,5)6)13(17(7,8)9)18(10,11)12;;;;;/h1-12H3;;4*1H/q+1;+3;;;;/p-4. The minimum absolute atomic E-state index is 0.0422. The summed E-state index contributed by atoms with van der Waals surface area (Å²) in [6.07, 6.45) is 0. The molecular weight excluding hydrogens is 436 g/mol. The van der Waals surface area contributed by atoms with Gasteiger partial charge in [0.05, 0.1) is 12.1 Å². The van der Waals surface area contributed by atoms with Crippen LogP contribution in [0.3, 0.4) is 0 Å². The first-order valence-corrected chi connectivity index (χ1v) is 23.4. The molecule has 0 spiro atoms. The van der Waals surface area contributed by atoms with Gasteiger partial charge in [0.15, 0.2) is 0 Å². The van der Waals surface area contributed by atoms with Crippen molar-refractivity contribution >= 4 is 77.8 Å². The first-order valence-electron chi connectivity index (χ1n) is 8.04. The summed E-state index contributed by atoms with van der Waals surface area (Å²) in [6.45, 7) is 30.2. The van der Waals surface area contributed by atoms with Crippen LogP contribution in [0.25, 0.3) is 0 Å². The Balaban J connectivity index is 0. The fourth-order valence-corrected chi connectivity index (χ4v) is 25.2. The molecule has 0 aromatic heterocycles. The van der Waals surface area contributed by atoms with Crippen LogP contribution in [-0.2, 0) is 0 Å². The summed E-state index contributed by atoms with van der Waals surface area (Å²) < 4.78 is 2.05. The van der Waals surface area contributed by atoms with E-state index in [0.717, 1.165) is 0 Å². The molecule has 0 aliphatic rings. The minimum atomic E-state index is -2.94. The molecule has 8 heteroatoms. The third-order valence-electron chi connectivity index (χ3n) is 2.99. The molecule has 0 fully saturated rings. The number of hydrogen-bond acceptors (Lipinski definition) is 0. The molecule has 0 saturated carbocycles. The van der Waals surface area contributed by atoms with Gasteiger partial charge in [-0.25, -0.2) is 0 Å². The van der Waals surface area contributed by atoms with Gasteiger partial charge in [0.2, 0.25) is 0 Å². The Morgan fingerprint density at radius 3 is 0.870 bits per heavy atom. The van der Waals surface area contributed by atoms with Crippen molar-refractivity contribution in [1.82, 2.24) is 0 Å². The SMILES string of the molecule is CC(C)(C)[P+](=C([Si](C)(C)C)[Si](C)(C)C)C(C)(C)C.[Cl][Al-]([Cl])([Cl])[Cl]. The largest absolute Gasteiger partial charge is 0.564 e. The fraction of sp³-hybridized carbons (Fsp3) is 0.933. The summed E-state index contributed by atoms with van der Waals surface area (Å²) in [6, 6.07) is 0. The number of hydrogen-bond donors (Lipinski definition) is 0. The Morgan fingerprint density at radius 1 is 0.652 bits per heavy atom. The van der Waals surface area contributed by atoms with Crippen LogP contribution >= 0.6 is 47.7 Å². The highest BCUT2D eigenvalue weighted by atomic mass is 35.9. The van der Waals surface area contributed by atoms with E-state index in [0.29, 0.717) is 10.3 Å². The lowest BCUT2D eigenvalue weighted by atomic mass is 10.2. The summed E-state index contributed by atoms with van der Waals surface area (Å²) in [7, 11) is 14.6. The zero-order valence-electron chi connectivity index (χ0n) is 17.0. The lowest BCUT2D eigenvalue weighted by molar-refractivity contribution is 0.721. The highest BCUT2D eigenvalue weighted by molar-refractivity contribution is 7.81. The third-order valence-corrected chi connectivity index (χ3v) is 18.8. The van der Waals surface area contributed by atoms with Gasteiger partial charge in [0.25, 0.3) is 0 Å². The molecule has 0 aromatic rings. The maximum Gasteiger partial charge on any atom is 0.564 e. The molecule has 0 amide bonds. The average Bonchev–Trinajstić information content (AvgIpc) is 2.02. The molecule has 0 aliphatic carbocycles. The molecule has 0 saturated heterocycles.